The molecule has 0 spiro atoms. The number of hydrazone groups is 1. The lowest BCUT2D eigenvalue weighted by atomic mass is 10.2. The minimum atomic E-state index is -0.316. The maximum Gasteiger partial charge on any atom is 0.271 e. The maximum absolute atomic E-state index is 12.1. The van der Waals surface area contributed by atoms with Crippen molar-refractivity contribution in [3.63, 3.8) is 0 Å². The van der Waals surface area contributed by atoms with Gasteiger partial charge in [0.1, 0.15) is 11.5 Å². The Balaban J connectivity index is 2.12. The minimum Gasteiger partial charge on any atom is -0.491 e. The standard InChI is InChI=1S/C20H23ClN2O3/c1-13(2)25-18-10-7-16(19(11-18)26-14(3)4)12-22-23-20(24)15-5-8-17(21)9-6-15/h5-14H,1-4H3,(H,23,24)/b22-12+. The fourth-order valence-electron chi connectivity index (χ4n) is 2.15. The molecule has 0 aliphatic rings. The van der Waals surface area contributed by atoms with Gasteiger partial charge in [0.15, 0.2) is 0 Å². The number of carbonyl (C=O) groups is 1. The highest BCUT2D eigenvalue weighted by atomic mass is 35.5. The molecular weight excluding hydrogens is 352 g/mol. The first-order chi connectivity index (χ1) is 12.3. The number of nitrogens with one attached hydrogen (secondary N) is 1. The second kappa shape index (κ2) is 9.25. The Morgan fingerprint density at radius 2 is 1.69 bits per heavy atom. The predicted octanol–water partition coefficient (Wildman–Crippen LogP) is 4.68. The van der Waals surface area contributed by atoms with Crippen LogP contribution in [0.4, 0.5) is 0 Å². The molecule has 0 saturated heterocycles. The summed E-state index contributed by atoms with van der Waals surface area (Å²) >= 11 is 5.82. The first kappa shape index (κ1) is 19.8. The van der Waals surface area contributed by atoms with Crippen LogP contribution in [0.5, 0.6) is 11.5 Å². The van der Waals surface area contributed by atoms with E-state index in [-0.39, 0.29) is 18.1 Å². The van der Waals surface area contributed by atoms with Crippen LogP contribution < -0.4 is 14.9 Å². The maximum atomic E-state index is 12.1. The normalized spacial score (nSPS) is 11.2. The van der Waals surface area contributed by atoms with Crippen LogP contribution in [-0.2, 0) is 0 Å². The van der Waals surface area contributed by atoms with E-state index in [0.717, 1.165) is 11.3 Å². The van der Waals surface area contributed by atoms with E-state index in [1.165, 1.54) is 0 Å². The summed E-state index contributed by atoms with van der Waals surface area (Å²) in [6.07, 6.45) is 1.62. The van der Waals surface area contributed by atoms with Crippen molar-refractivity contribution in [1.82, 2.24) is 5.43 Å². The number of amides is 1. The molecule has 0 atom stereocenters. The zero-order chi connectivity index (χ0) is 19.1. The van der Waals surface area contributed by atoms with Crippen molar-refractivity contribution < 1.29 is 14.3 Å². The van der Waals surface area contributed by atoms with Gasteiger partial charge in [-0.2, -0.15) is 5.10 Å². The second-order valence-electron chi connectivity index (χ2n) is 6.24. The molecule has 0 heterocycles. The van der Waals surface area contributed by atoms with E-state index < -0.39 is 0 Å². The van der Waals surface area contributed by atoms with Gasteiger partial charge in [0.2, 0.25) is 0 Å². The Kier molecular flexibility index (Phi) is 7.04. The summed E-state index contributed by atoms with van der Waals surface area (Å²) in [6, 6.07) is 12.1. The van der Waals surface area contributed by atoms with E-state index in [4.69, 9.17) is 21.1 Å². The summed E-state index contributed by atoms with van der Waals surface area (Å²) in [5.41, 5.74) is 3.71. The lowest BCUT2D eigenvalue weighted by molar-refractivity contribution is 0.0955. The average molecular weight is 375 g/mol. The van der Waals surface area contributed by atoms with E-state index in [0.29, 0.717) is 16.3 Å². The molecule has 1 amide bonds. The van der Waals surface area contributed by atoms with Gasteiger partial charge in [0.05, 0.1) is 18.4 Å². The number of ether oxygens (including phenoxy) is 2. The van der Waals surface area contributed by atoms with E-state index in [9.17, 15) is 4.79 Å². The first-order valence-electron chi connectivity index (χ1n) is 8.41. The van der Waals surface area contributed by atoms with Crippen LogP contribution in [0.15, 0.2) is 47.6 Å². The van der Waals surface area contributed by atoms with Gasteiger partial charge in [-0.15, -0.1) is 0 Å². The van der Waals surface area contributed by atoms with Crippen molar-refractivity contribution in [1.29, 1.82) is 0 Å². The van der Waals surface area contributed by atoms with Gasteiger partial charge in [0, 0.05) is 22.2 Å². The summed E-state index contributed by atoms with van der Waals surface area (Å²) < 4.78 is 11.5. The largest absolute Gasteiger partial charge is 0.491 e. The van der Waals surface area contributed by atoms with Crippen molar-refractivity contribution >= 4 is 23.7 Å². The zero-order valence-corrected chi connectivity index (χ0v) is 16.1. The van der Waals surface area contributed by atoms with Crippen LogP contribution in [0.25, 0.3) is 0 Å². The van der Waals surface area contributed by atoms with Crippen LogP contribution in [-0.4, -0.2) is 24.3 Å². The SMILES string of the molecule is CC(C)Oc1ccc(/C=N/NC(=O)c2ccc(Cl)cc2)c(OC(C)C)c1. The van der Waals surface area contributed by atoms with Gasteiger partial charge < -0.3 is 9.47 Å². The van der Waals surface area contributed by atoms with Gasteiger partial charge >= 0.3 is 0 Å². The Morgan fingerprint density at radius 3 is 2.31 bits per heavy atom. The molecule has 0 saturated carbocycles. The molecule has 0 bridgehead atoms. The monoisotopic (exact) mass is 374 g/mol. The number of hydrogen-bond donors (Lipinski definition) is 1. The fourth-order valence-corrected chi connectivity index (χ4v) is 2.28. The molecule has 0 fully saturated rings. The van der Waals surface area contributed by atoms with Crippen LogP contribution >= 0.6 is 11.6 Å². The average Bonchev–Trinajstić information content (AvgIpc) is 2.56. The number of nitrogens with zero attached hydrogens (tertiary/aromatic N) is 1. The van der Waals surface area contributed by atoms with Crippen LogP contribution in [0.2, 0.25) is 5.02 Å². The highest BCUT2D eigenvalue weighted by Gasteiger charge is 2.08. The van der Waals surface area contributed by atoms with Gasteiger partial charge in [-0.25, -0.2) is 5.43 Å². The number of rotatable bonds is 7. The highest BCUT2D eigenvalue weighted by Crippen LogP contribution is 2.25. The van der Waals surface area contributed by atoms with Gasteiger partial charge in [0.25, 0.3) is 5.91 Å². The Labute approximate surface area is 159 Å². The molecular formula is C20H23ClN2O3. The smallest absolute Gasteiger partial charge is 0.271 e. The van der Waals surface area contributed by atoms with Crippen molar-refractivity contribution in [3.05, 3.63) is 58.6 Å². The highest BCUT2D eigenvalue weighted by molar-refractivity contribution is 6.30. The van der Waals surface area contributed by atoms with Crippen LogP contribution in [0, 0.1) is 0 Å². The van der Waals surface area contributed by atoms with Crippen molar-refractivity contribution in [2.24, 2.45) is 5.10 Å². The summed E-state index contributed by atoms with van der Waals surface area (Å²) in [4.78, 5) is 12.1. The minimum absolute atomic E-state index is 0.000100. The molecule has 0 aliphatic carbocycles. The Bertz CT molecular complexity index is 771. The molecule has 2 rings (SSSR count). The number of hydrogen-bond acceptors (Lipinski definition) is 4. The molecule has 0 radical (unpaired) electrons. The molecule has 2 aromatic rings. The number of halogens is 1. The third kappa shape index (κ3) is 6.08. The third-order valence-electron chi connectivity index (χ3n) is 3.20. The summed E-state index contributed by atoms with van der Waals surface area (Å²) in [7, 11) is 0. The molecule has 1 N–H and O–H groups in total. The van der Waals surface area contributed by atoms with Crippen molar-refractivity contribution in [3.8, 4) is 11.5 Å². The summed E-state index contributed by atoms with van der Waals surface area (Å²) in [5.74, 6) is 1.05. The molecule has 0 aromatic heterocycles. The quantitative estimate of drug-likeness (QED) is 0.565. The topological polar surface area (TPSA) is 59.9 Å². The molecule has 5 nitrogen and oxygen atoms in total. The molecule has 26 heavy (non-hydrogen) atoms. The van der Waals surface area contributed by atoms with E-state index in [1.54, 1.807) is 30.5 Å². The first-order valence-corrected chi connectivity index (χ1v) is 8.79. The molecule has 6 heteroatoms. The lowest BCUT2D eigenvalue weighted by Gasteiger charge is -2.15. The molecule has 0 unspecified atom stereocenters. The van der Waals surface area contributed by atoms with E-state index >= 15 is 0 Å². The molecule has 138 valence electrons. The Hall–Kier alpha value is -2.53. The summed E-state index contributed by atoms with van der Waals surface area (Å²) in [5, 5.41) is 4.59. The van der Waals surface area contributed by atoms with Gasteiger partial charge in [-0.3, -0.25) is 4.79 Å². The van der Waals surface area contributed by atoms with E-state index in [1.807, 2.05) is 45.9 Å². The molecule has 0 aliphatic heterocycles. The number of carbonyl (C=O) groups excluding carboxylic acids is 1. The predicted molar refractivity (Wildman–Crippen MR) is 104 cm³/mol. The van der Waals surface area contributed by atoms with Gasteiger partial charge in [-0.1, -0.05) is 11.6 Å². The van der Waals surface area contributed by atoms with E-state index in [2.05, 4.69) is 10.5 Å². The second-order valence-corrected chi connectivity index (χ2v) is 6.68. The van der Waals surface area contributed by atoms with Crippen molar-refractivity contribution in [2.45, 2.75) is 39.9 Å². The lowest BCUT2D eigenvalue weighted by Crippen LogP contribution is -2.17. The van der Waals surface area contributed by atoms with Crippen LogP contribution in [0.3, 0.4) is 0 Å². The molecule has 2 aromatic carbocycles. The Morgan fingerprint density at radius 1 is 1.04 bits per heavy atom. The third-order valence-corrected chi connectivity index (χ3v) is 3.45. The van der Waals surface area contributed by atoms with Crippen LogP contribution in [0.1, 0.15) is 43.6 Å². The summed E-state index contributed by atoms with van der Waals surface area (Å²) in [6.45, 7) is 7.81. The van der Waals surface area contributed by atoms with Gasteiger partial charge in [-0.05, 0) is 64.1 Å². The number of benzene rings is 2. The zero-order valence-electron chi connectivity index (χ0n) is 15.3. The van der Waals surface area contributed by atoms with Crippen molar-refractivity contribution in [2.75, 3.05) is 0 Å². The fraction of sp³-hybridized carbons (Fsp3) is 0.300.